The molecule has 0 aliphatic carbocycles. The molecule has 2 heteroatoms. The zero-order valence-electron chi connectivity index (χ0n) is 12.7. The summed E-state index contributed by atoms with van der Waals surface area (Å²) in [4.78, 5) is 2.76. The van der Waals surface area contributed by atoms with E-state index in [0.29, 0.717) is 6.04 Å². The van der Waals surface area contributed by atoms with Crippen molar-refractivity contribution in [2.24, 2.45) is 17.8 Å². The number of piperidine rings is 1. The Morgan fingerprint density at radius 1 is 1.24 bits per heavy atom. The number of likely N-dealkylation sites (tertiary alicyclic amines) is 1. The second-order valence-corrected chi connectivity index (χ2v) is 6.37. The Morgan fingerprint density at radius 2 is 1.88 bits per heavy atom. The van der Waals surface area contributed by atoms with Crippen molar-refractivity contribution in [3.63, 3.8) is 0 Å². The third-order valence-electron chi connectivity index (χ3n) is 4.44. The first kappa shape index (κ1) is 15.0. The molecule has 1 aliphatic heterocycles. The molecule has 0 spiro atoms. The second-order valence-electron chi connectivity index (χ2n) is 6.37. The maximum absolute atomic E-state index is 3.54. The van der Waals surface area contributed by atoms with Gasteiger partial charge in [0.25, 0.3) is 0 Å². The van der Waals surface area contributed by atoms with Gasteiger partial charge in [-0.05, 0) is 37.6 Å². The van der Waals surface area contributed by atoms with Gasteiger partial charge in [0.1, 0.15) is 0 Å². The topological polar surface area (TPSA) is 15.3 Å². The van der Waals surface area contributed by atoms with Crippen molar-refractivity contribution < 1.29 is 0 Å². The van der Waals surface area contributed by atoms with Crippen molar-refractivity contribution in [2.75, 3.05) is 19.6 Å². The van der Waals surface area contributed by atoms with Crippen LogP contribution in [0.25, 0.3) is 0 Å². The highest BCUT2D eigenvalue weighted by atomic mass is 15.2. The standard InChI is InChI=1S/C15H32N2/c1-7-16-9-15(11(2)3)17-10-12(4)8-13(5)14(17)6/h11-16H,7-10H2,1-6H3. The smallest absolute Gasteiger partial charge is 0.0246 e. The molecule has 102 valence electrons. The van der Waals surface area contributed by atoms with Crippen molar-refractivity contribution in [2.45, 2.75) is 60.0 Å². The SMILES string of the molecule is CCNCC(C(C)C)N1CC(C)CC(C)C1C. The van der Waals surface area contributed by atoms with E-state index in [2.05, 4.69) is 51.8 Å². The molecule has 1 heterocycles. The van der Waals surface area contributed by atoms with Gasteiger partial charge in [-0.25, -0.2) is 0 Å². The van der Waals surface area contributed by atoms with Crippen LogP contribution < -0.4 is 5.32 Å². The number of nitrogens with one attached hydrogen (secondary N) is 1. The first-order valence-corrected chi connectivity index (χ1v) is 7.43. The quantitative estimate of drug-likeness (QED) is 0.795. The molecule has 0 aromatic heterocycles. The molecule has 0 bridgehead atoms. The van der Waals surface area contributed by atoms with Gasteiger partial charge in [0.05, 0.1) is 0 Å². The molecule has 17 heavy (non-hydrogen) atoms. The Labute approximate surface area is 108 Å². The fourth-order valence-corrected chi connectivity index (χ4v) is 3.22. The molecule has 1 aliphatic rings. The van der Waals surface area contributed by atoms with Gasteiger partial charge in [0, 0.05) is 25.2 Å². The lowest BCUT2D eigenvalue weighted by atomic mass is 9.83. The molecule has 1 rings (SSSR count). The van der Waals surface area contributed by atoms with Crippen LogP contribution in [0.5, 0.6) is 0 Å². The molecular weight excluding hydrogens is 208 g/mol. The summed E-state index contributed by atoms with van der Waals surface area (Å²) in [5.41, 5.74) is 0. The summed E-state index contributed by atoms with van der Waals surface area (Å²) < 4.78 is 0. The maximum Gasteiger partial charge on any atom is 0.0246 e. The largest absolute Gasteiger partial charge is 0.315 e. The third kappa shape index (κ3) is 3.96. The van der Waals surface area contributed by atoms with E-state index in [1.807, 2.05) is 0 Å². The zero-order valence-corrected chi connectivity index (χ0v) is 12.7. The predicted molar refractivity (Wildman–Crippen MR) is 76.3 cm³/mol. The van der Waals surface area contributed by atoms with Gasteiger partial charge in [0.15, 0.2) is 0 Å². The number of rotatable bonds is 5. The Bertz CT molecular complexity index is 215. The van der Waals surface area contributed by atoms with Crippen molar-refractivity contribution in [1.29, 1.82) is 0 Å². The first-order valence-electron chi connectivity index (χ1n) is 7.43. The predicted octanol–water partition coefficient (Wildman–Crippen LogP) is 2.99. The number of hydrogen-bond acceptors (Lipinski definition) is 2. The van der Waals surface area contributed by atoms with E-state index in [1.54, 1.807) is 0 Å². The van der Waals surface area contributed by atoms with Crippen LogP contribution in [0.15, 0.2) is 0 Å². The van der Waals surface area contributed by atoms with Gasteiger partial charge in [-0.2, -0.15) is 0 Å². The molecule has 1 fully saturated rings. The van der Waals surface area contributed by atoms with Gasteiger partial charge in [-0.3, -0.25) is 4.90 Å². The lowest BCUT2D eigenvalue weighted by Crippen LogP contribution is -2.55. The average Bonchev–Trinajstić information content (AvgIpc) is 2.24. The highest BCUT2D eigenvalue weighted by Crippen LogP contribution is 2.30. The van der Waals surface area contributed by atoms with Crippen LogP contribution >= 0.6 is 0 Å². The Balaban J connectivity index is 2.69. The van der Waals surface area contributed by atoms with E-state index < -0.39 is 0 Å². The number of likely N-dealkylation sites (N-methyl/N-ethyl adjacent to an activating group) is 1. The van der Waals surface area contributed by atoms with E-state index in [0.717, 1.165) is 36.9 Å². The monoisotopic (exact) mass is 240 g/mol. The van der Waals surface area contributed by atoms with Gasteiger partial charge in [0.2, 0.25) is 0 Å². The summed E-state index contributed by atoms with van der Waals surface area (Å²) in [6.45, 7) is 17.6. The Hall–Kier alpha value is -0.0800. The summed E-state index contributed by atoms with van der Waals surface area (Å²) in [5.74, 6) is 2.42. The summed E-state index contributed by atoms with van der Waals surface area (Å²) >= 11 is 0. The molecule has 4 unspecified atom stereocenters. The number of hydrogen-bond donors (Lipinski definition) is 1. The van der Waals surface area contributed by atoms with Gasteiger partial charge in [-0.15, -0.1) is 0 Å². The van der Waals surface area contributed by atoms with Crippen LogP contribution in [0.4, 0.5) is 0 Å². The van der Waals surface area contributed by atoms with Crippen molar-refractivity contribution in [3.05, 3.63) is 0 Å². The highest BCUT2D eigenvalue weighted by molar-refractivity contribution is 4.88. The zero-order chi connectivity index (χ0) is 13.0. The van der Waals surface area contributed by atoms with Gasteiger partial charge in [-0.1, -0.05) is 34.6 Å². The van der Waals surface area contributed by atoms with Crippen molar-refractivity contribution in [1.82, 2.24) is 10.2 Å². The average molecular weight is 240 g/mol. The molecular formula is C15H32N2. The van der Waals surface area contributed by atoms with E-state index >= 15 is 0 Å². The first-order chi connectivity index (χ1) is 7.97. The fourth-order valence-electron chi connectivity index (χ4n) is 3.22. The summed E-state index contributed by atoms with van der Waals surface area (Å²) in [5, 5.41) is 3.54. The van der Waals surface area contributed by atoms with Crippen LogP contribution in [0.2, 0.25) is 0 Å². The van der Waals surface area contributed by atoms with Crippen LogP contribution in [0.1, 0.15) is 48.0 Å². The van der Waals surface area contributed by atoms with Crippen LogP contribution in [-0.2, 0) is 0 Å². The van der Waals surface area contributed by atoms with Crippen LogP contribution in [0, 0.1) is 17.8 Å². The van der Waals surface area contributed by atoms with E-state index in [4.69, 9.17) is 0 Å². The molecule has 2 nitrogen and oxygen atoms in total. The third-order valence-corrected chi connectivity index (χ3v) is 4.44. The maximum atomic E-state index is 3.54. The number of nitrogens with zero attached hydrogens (tertiary/aromatic N) is 1. The lowest BCUT2D eigenvalue weighted by molar-refractivity contribution is 0.0228. The highest BCUT2D eigenvalue weighted by Gasteiger charge is 2.34. The Kier molecular flexibility index (Phi) is 5.94. The van der Waals surface area contributed by atoms with Crippen molar-refractivity contribution in [3.8, 4) is 0 Å². The molecule has 0 aromatic carbocycles. The molecule has 1 N–H and O–H groups in total. The molecule has 0 saturated carbocycles. The summed E-state index contributed by atoms with van der Waals surface area (Å²) in [7, 11) is 0. The lowest BCUT2D eigenvalue weighted by Gasteiger charge is -2.47. The minimum absolute atomic E-state index is 0.690. The molecule has 0 aromatic rings. The fraction of sp³-hybridized carbons (Fsp3) is 1.00. The normalized spacial score (nSPS) is 33.0. The second kappa shape index (κ2) is 6.75. The van der Waals surface area contributed by atoms with Crippen molar-refractivity contribution >= 4 is 0 Å². The minimum Gasteiger partial charge on any atom is -0.315 e. The molecule has 1 saturated heterocycles. The summed E-state index contributed by atoms with van der Waals surface area (Å²) in [6, 6.07) is 1.42. The molecule has 0 radical (unpaired) electrons. The van der Waals surface area contributed by atoms with Gasteiger partial charge < -0.3 is 5.32 Å². The van der Waals surface area contributed by atoms with Crippen LogP contribution in [-0.4, -0.2) is 36.6 Å². The minimum atomic E-state index is 0.690. The molecule has 4 atom stereocenters. The molecule has 0 amide bonds. The Morgan fingerprint density at radius 3 is 2.41 bits per heavy atom. The van der Waals surface area contributed by atoms with E-state index in [9.17, 15) is 0 Å². The summed E-state index contributed by atoms with van der Waals surface area (Å²) in [6.07, 6.45) is 1.39. The van der Waals surface area contributed by atoms with E-state index in [-0.39, 0.29) is 0 Å². The van der Waals surface area contributed by atoms with E-state index in [1.165, 1.54) is 13.0 Å². The van der Waals surface area contributed by atoms with Gasteiger partial charge >= 0.3 is 0 Å². The van der Waals surface area contributed by atoms with Crippen LogP contribution in [0.3, 0.4) is 0 Å².